The third-order valence-electron chi connectivity index (χ3n) is 4.99. The monoisotopic (exact) mass is 244 g/mol. The van der Waals surface area contributed by atoms with Gasteiger partial charge in [-0.25, -0.2) is 0 Å². The first-order chi connectivity index (χ1) is 8.81. The number of aliphatic hydroxyl groups is 1. The van der Waals surface area contributed by atoms with E-state index in [-0.39, 0.29) is 11.5 Å². The van der Waals surface area contributed by atoms with Gasteiger partial charge >= 0.3 is 0 Å². The summed E-state index contributed by atoms with van der Waals surface area (Å²) in [6, 6.07) is 10.8. The molecule has 1 atom stereocenters. The van der Waals surface area contributed by atoms with E-state index in [1.807, 2.05) is 0 Å². The fraction of sp³-hybridized carbons (Fsp3) is 0.647. The average Bonchev–Trinajstić information content (AvgIpc) is 3.24. The highest BCUT2D eigenvalue weighted by atomic mass is 16.3. The topological polar surface area (TPSA) is 20.2 Å². The van der Waals surface area contributed by atoms with Crippen molar-refractivity contribution in [3.8, 4) is 0 Å². The maximum atomic E-state index is 10.8. The van der Waals surface area contributed by atoms with E-state index in [1.165, 1.54) is 50.5 Å². The molecule has 2 fully saturated rings. The molecular weight excluding hydrogens is 220 g/mol. The minimum Gasteiger partial charge on any atom is -0.392 e. The van der Waals surface area contributed by atoms with E-state index in [4.69, 9.17) is 0 Å². The molecular formula is C17H24O. The summed E-state index contributed by atoms with van der Waals surface area (Å²) in [4.78, 5) is 0. The second-order valence-electron chi connectivity index (χ2n) is 6.28. The lowest BCUT2D eigenvalue weighted by Crippen LogP contribution is -2.41. The summed E-state index contributed by atoms with van der Waals surface area (Å²) in [7, 11) is 0. The standard InChI is InChI=1S/C17H24O/c18-16(13-14-9-10-14)17(11-5-2-6-12-17)15-7-3-1-4-8-15/h1,3-4,7-8,14,16,18H,2,5-6,9-13H2. The van der Waals surface area contributed by atoms with Gasteiger partial charge in [-0.15, -0.1) is 0 Å². The number of hydrogen-bond acceptors (Lipinski definition) is 1. The molecule has 1 aromatic rings. The highest BCUT2D eigenvalue weighted by molar-refractivity contribution is 5.28. The zero-order chi connectivity index (χ0) is 12.4. The van der Waals surface area contributed by atoms with Gasteiger partial charge in [0.05, 0.1) is 6.10 Å². The van der Waals surface area contributed by atoms with Gasteiger partial charge in [0.2, 0.25) is 0 Å². The summed E-state index contributed by atoms with van der Waals surface area (Å²) in [6.07, 6.45) is 9.79. The van der Waals surface area contributed by atoms with Gasteiger partial charge in [-0.2, -0.15) is 0 Å². The molecule has 0 saturated heterocycles. The van der Waals surface area contributed by atoms with Gasteiger partial charge in [-0.05, 0) is 30.7 Å². The molecule has 1 heteroatoms. The Labute approximate surface area is 110 Å². The summed E-state index contributed by atoms with van der Waals surface area (Å²) in [5, 5.41) is 10.8. The molecule has 18 heavy (non-hydrogen) atoms. The largest absolute Gasteiger partial charge is 0.392 e. The van der Waals surface area contributed by atoms with Crippen LogP contribution in [0.4, 0.5) is 0 Å². The molecule has 0 aliphatic heterocycles. The first kappa shape index (κ1) is 12.2. The minimum absolute atomic E-state index is 0.0576. The van der Waals surface area contributed by atoms with Crippen molar-refractivity contribution in [3.63, 3.8) is 0 Å². The molecule has 2 aliphatic carbocycles. The summed E-state index contributed by atoms with van der Waals surface area (Å²) >= 11 is 0. The normalized spacial score (nSPS) is 24.7. The SMILES string of the molecule is OC(CC1CC1)C1(c2ccccc2)CCCCC1. The van der Waals surface area contributed by atoms with Crippen LogP contribution in [-0.4, -0.2) is 11.2 Å². The van der Waals surface area contributed by atoms with Crippen molar-refractivity contribution >= 4 is 0 Å². The van der Waals surface area contributed by atoms with Crippen LogP contribution in [0.3, 0.4) is 0 Å². The smallest absolute Gasteiger partial charge is 0.0639 e. The predicted molar refractivity (Wildman–Crippen MR) is 74.6 cm³/mol. The molecule has 0 radical (unpaired) electrons. The molecule has 0 heterocycles. The molecule has 0 amide bonds. The van der Waals surface area contributed by atoms with Crippen LogP contribution in [-0.2, 0) is 5.41 Å². The van der Waals surface area contributed by atoms with E-state index >= 15 is 0 Å². The van der Waals surface area contributed by atoms with E-state index in [0.29, 0.717) is 0 Å². The summed E-state index contributed by atoms with van der Waals surface area (Å²) in [5.41, 5.74) is 1.43. The number of aliphatic hydroxyl groups excluding tert-OH is 1. The van der Waals surface area contributed by atoms with Crippen LogP contribution in [0.15, 0.2) is 30.3 Å². The van der Waals surface area contributed by atoms with Crippen molar-refractivity contribution in [1.29, 1.82) is 0 Å². The Morgan fingerprint density at radius 3 is 2.33 bits per heavy atom. The molecule has 2 aliphatic rings. The van der Waals surface area contributed by atoms with Gasteiger partial charge in [0.25, 0.3) is 0 Å². The Hall–Kier alpha value is -0.820. The molecule has 0 spiro atoms. The summed E-state index contributed by atoms with van der Waals surface area (Å²) in [6.45, 7) is 0. The fourth-order valence-corrected chi connectivity index (χ4v) is 3.66. The van der Waals surface area contributed by atoms with Crippen molar-refractivity contribution in [2.24, 2.45) is 5.92 Å². The maximum Gasteiger partial charge on any atom is 0.0639 e. The zero-order valence-electron chi connectivity index (χ0n) is 11.1. The lowest BCUT2D eigenvalue weighted by atomic mass is 9.65. The van der Waals surface area contributed by atoms with Crippen molar-refractivity contribution in [2.75, 3.05) is 0 Å². The van der Waals surface area contributed by atoms with Gasteiger partial charge in [0.15, 0.2) is 0 Å². The molecule has 0 bridgehead atoms. The Morgan fingerprint density at radius 1 is 1.06 bits per heavy atom. The summed E-state index contributed by atoms with van der Waals surface area (Å²) < 4.78 is 0. The minimum atomic E-state index is -0.132. The van der Waals surface area contributed by atoms with Gasteiger partial charge < -0.3 is 5.11 Å². The maximum absolute atomic E-state index is 10.8. The van der Waals surface area contributed by atoms with Crippen LogP contribution in [0.25, 0.3) is 0 Å². The highest BCUT2D eigenvalue weighted by Crippen LogP contribution is 2.46. The third kappa shape index (κ3) is 2.33. The van der Waals surface area contributed by atoms with Crippen molar-refractivity contribution < 1.29 is 5.11 Å². The predicted octanol–water partition coefficient (Wildman–Crippen LogP) is 4.05. The Bertz CT molecular complexity index is 374. The Kier molecular flexibility index (Phi) is 3.43. The van der Waals surface area contributed by atoms with Crippen LogP contribution < -0.4 is 0 Å². The lowest BCUT2D eigenvalue weighted by Gasteiger charge is -2.42. The number of hydrogen-bond donors (Lipinski definition) is 1. The molecule has 1 nitrogen and oxygen atoms in total. The van der Waals surface area contributed by atoms with E-state index in [1.54, 1.807) is 0 Å². The Morgan fingerprint density at radius 2 is 1.72 bits per heavy atom. The molecule has 98 valence electrons. The van der Waals surface area contributed by atoms with Crippen LogP contribution in [0.5, 0.6) is 0 Å². The summed E-state index contributed by atoms with van der Waals surface area (Å²) in [5.74, 6) is 0.808. The molecule has 1 N–H and O–H groups in total. The Balaban J connectivity index is 1.86. The quantitative estimate of drug-likeness (QED) is 0.847. The van der Waals surface area contributed by atoms with Crippen LogP contribution >= 0.6 is 0 Å². The molecule has 0 aromatic heterocycles. The van der Waals surface area contributed by atoms with E-state index in [0.717, 1.165) is 12.3 Å². The van der Waals surface area contributed by atoms with Gasteiger partial charge in [-0.3, -0.25) is 0 Å². The van der Waals surface area contributed by atoms with Crippen molar-refractivity contribution in [3.05, 3.63) is 35.9 Å². The second-order valence-corrected chi connectivity index (χ2v) is 6.28. The van der Waals surface area contributed by atoms with Crippen molar-refractivity contribution in [2.45, 2.75) is 62.9 Å². The first-order valence-corrected chi connectivity index (χ1v) is 7.55. The third-order valence-corrected chi connectivity index (χ3v) is 4.99. The van der Waals surface area contributed by atoms with Crippen molar-refractivity contribution in [1.82, 2.24) is 0 Å². The molecule has 3 rings (SSSR count). The second kappa shape index (κ2) is 5.05. The van der Waals surface area contributed by atoms with Crippen LogP contribution in [0, 0.1) is 5.92 Å². The molecule has 1 unspecified atom stereocenters. The van der Waals surface area contributed by atoms with Crippen LogP contribution in [0.2, 0.25) is 0 Å². The average molecular weight is 244 g/mol. The molecule has 1 aromatic carbocycles. The fourth-order valence-electron chi connectivity index (χ4n) is 3.66. The lowest BCUT2D eigenvalue weighted by molar-refractivity contribution is 0.0426. The zero-order valence-corrected chi connectivity index (χ0v) is 11.1. The van der Waals surface area contributed by atoms with Gasteiger partial charge in [-0.1, -0.05) is 62.4 Å². The van der Waals surface area contributed by atoms with Gasteiger partial charge in [0.1, 0.15) is 0 Å². The molecule has 2 saturated carbocycles. The van der Waals surface area contributed by atoms with E-state index in [9.17, 15) is 5.11 Å². The number of benzene rings is 1. The van der Waals surface area contributed by atoms with E-state index < -0.39 is 0 Å². The van der Waals surface area contributed by atoms with Crippen LogP contribution in [0.1, 0.15) is 56.9 Å². The van der Waals surface area contributed by atoms with E-state index in [2.05, 4.69) is 30.3 Å². The highest BCUT2D eigenvalue weighted by Gasteiger charge is 2.42. The number of rotatable bonds is 4. The van der Waals surface area contributed by atoms with Gasteiger partial charge in [0, 0.05) is 5.41 Å². The first-order valence-electron chi connectivity index (χ1n) is 7.55.